The number of thiazole rings is 1. The zero-order valence-electron chi connectivity index (χ0n) is 14.7. The SMILES string of the molecule is CC1(C)C2CN(C(=O)[C@@H](Nc3cncs3)C(C)(C)C)C(C(=O)O)C21. The van der Waals surface area contributed by atoms with Gasteiger partial charge in [0.15, 0.2) is 0 Å². The third-order valence-electron chi connectivity index (χ3n) is 5.58. The highest BCUT2D eigenvalue weighted by molar-refractivity contribution is 7.13. The summed E-state index contributed by atoms with van der Waals surface area (Å²) in [4.78, 5) is 30.6. The molecule has 6 nitrogen and oxygen atoms in total. The Bertz CT molecular complexity index is 651. The lowest BCUT2D eigenvalue weighted by Crippen LogP contribution is -2.54. The van der Waals surface area contributed by atoms with Crippen molar-refractivity contribution < 1.29 is 14.7 Å². The smallest absolute Gasteiger partial charge is 0.326 e. The number of fused-ring (bicyclic) bond motifs is 1. The fourth-order valence-electron chi connectivity index (χ4n) is 4.04. The van der Waals surface area contributed by atoms with Gasteiger partial charge in [0.05, 0.1) is 11.7 Å². The van der Waals surface area contributed by atoms with E-state index < -0.39 is 18.1 Å². The summed E-state index contributed by atoms with van der Waals surface area (Å²) >= 11 is 1.43. The molecule has 3 rings (SSSR count). The molecule has 2 aliphatic rings. The first-order valence-corrected chi connectivity index (χ1v) is 9.11. The normalized spacial score (nSPS) is 29.0. The van der Waals surface area contributed by atoms with E-state index in [2.05, 4.69) is 24.1 Å². The van der Waals surface area contributed by atoms with Gasteiger partial charge in [-0.05, 0) is 16.7 Å². The number of aromatic nitrogens is 1. The molecule has 0 spiro atoms. The lowest BCUT2D eigenvalue weighted by atomic mass is 9.85. The molecular weight excluding hydrogens is 326 g/mol. The molecule has 1 amide bonds. The van der Waals surface area contributed by atoms with E-state index in [1.165, 1.54) is 11.3 Å². The molecule has 2 N–H and O–H groups in total. The van der Waals surface area contributed by atoms with Crippen LogP contribution < -0.4 is 5.32 Å². The highest BCUT2D eigenvalue weighted by atomic mass is 32.1. The van der Waals surface area contributed by atoms with Gasteiger partial charge in [-0.1, -0.05) is 34.6 Å². The average molecular weight is 351 g/mol. The Morgan fingerprint density at radius 1 is 1.46 bits per heavy atom. The van der Waals surface area contributed by atoms with Crippen molar-refractivity contribution in [3.8, 4) is 0 Å². The minimum Gasteiger partial charge on any atom is -0.480 e. The second-order valence-corrected chi connectivity index (χ2v) is 9.42. The van der Waals surface area contributed by atoms with E-state index >= 15 is 0 Å². The molecule has 1 aliphatic heterocycles. The molecular formula is C17H25N3O3S. The molecule has 0 radical (unpaired) electrons. The largest absolute Gasteiger partial charge is 0.480 e. The van der Waals surface area contributed by atoms with Crippen LogP contribution in [0.1, 0.15) is 34.6 Å². The lowest BCUT2D eigenvalue weighted by Gasteiger charge is -2.37. The van der Waals surface area contributed by atoms with E-state index in [9.17, 15) is 14.7 Å². The standard InChI is InChI=1S/C17H25N3O3S/c1-16(2,3)13(19-10-6-18-8-24-10)14(21)20-7-9-11(17(9,4)5)12(20)15(22)23/h6,8-9,11-13,19H,7H2,1-5H3,(H,22,23)/t9?,11?,12?,13-/m1/s1. The second kappa shape index (κ2) is 5.44. The van der Waals surface area contributed by atoms with Crippen LogP contribution in [0.2, 0.25) is 0 Å². The predicted molar refractivity (Wildman–Crippen MR) is 92.9 cm³/mol. The van der Waals surface area contributed by atoms with Crippen LogP contribution in [0.5, 0.6) is 0 Å². The molecule has 0 bridgehead atoms. The van der Waals surface area contributed by atoms with Crippen molar-refractivity contribution >= 4 is 28.2 Å². The molecule has 1 aromatic heterocycles. The number of piperidine rings is 1. The quantitative estimate of drug-likeness (QED) is 0.871. The molecule has 1 aliphatic carbocycles. The Morgan fingerprint density at radius 3 is 2.62 bits per heavy atom. The number of carboxylic acid groups (broad SMARTS) is 1. The third kappa shape index (κ3) is 2.68. The van der Waals surface area contributed by atoms with Gasteiger partial charge in [0.2, 0.25) is 5.91 Å². The summed E-state index contributed by atoms with van der Waals surface area (Å²) in [7, 11) is 0. The Labute approximate surface area is 146 Å². The Hall–Kier alpha value is -1.63. The minimum atomic E-state index is -0.896. The zero-order valence-corrected chi connectivity index (χ0v) is 15.6. The van der Waals surface area contributed by atoms with E-state index in [0.717, 1.165) is 5.00 Å². The molecule has 2 fully saturated rings. The van der Waals surface area contributed by atoms with Crippen LogP contribution in [0, 0.1) is 22.7 Å². The van der Waals surface area contributed by atoms with Gasteiger partial charge >= 0.3 is 5.97 Å². The first-order valence-electron chi connectivity index (χ1n) is 8.23. The number of carbonyl (C=O) groups is 2. The summed E-state index contributed by atoms with van der Waals surface area (Å²) in [5, 5.41) is 13.8. The Kier molecular flexibility index (Phi) is 3.90. The number of rotatable bonds is 4. The molecule has 1 saturated carbocycles. The summed E-state index contributed by atoms with van der Waals surface area (Å²) in [6.45, 7) is 10.7. The van der Waals surface area contributed by atoms with Gasteiger partial charge in [-0.3, -0.25) is 9.78 Å². The summed E-state index contributed by atoms with van der Waals surface area (Å²) in [6, 6.07) is -1.20. The predicted octanol–water partition coefficient (Wildman–Crippen LogP) is 2.54. The van der Waals surface area contributed by atoms with Gasteiger partial charge in [-0.25, -0.2) is 4.79 Å². The van der Waals surface area contributed by atoms with E-state index in [-0.39, 0.29) is 28.6 Å². The fourth-order valence-corrected chi connectivity index (χ4v) is 4.58. The van der Waals surface area contributed by atoms with Crippen molar-refractivity contribution in [2.75, 3.05) is 11.9 Å². The maximum atomic E-state index is 13.2. The third-order valence-corrected chi connectivity index (χ3v) is 6.28. The van der Waals surface area contributed by atoms with Gasteiger partial charge < -0.3 is 15.3 Å². The summed E-state index contributed by atoms with van der Waals surface area (Å²) < 4.78 is 0. The molecule has 1 aromatic rings. The zero-order chi connectivity index (χ0) is 17.9. The van der Waals surface area contributed by atoms with Crippen molar-refractivity contribution in [3.63, 3.8) is 0 Å². The molecule has 7 heteroatoms. The molecule has 3 unspecified atom stereocenters. The lowest BCUT2D eigenvalue weighted by molar-refractivity contribution is -0.151. The average Bonchev–Trinajstić information content (AvgIpc) is 2.94. The number of hydrogen-bond acceptors (Lipinski definition) is 5. The van der Waals surface area contributed by atoms with E-state index in [4.69, 9.17) is 0 Å². The van der Waals surface area contributed by atoms with Crippen molar-refractivity contribution in [3.05, 3.63) is 11.7 Å². The summed E-state index contributed by atoms with van der Waals surface area (Å²) in [6.07, 6.45) is 1.69. The second-order valence-electron chi connectivity index (χ2n) is 8.54. The van der Waals surface area contributed by atoms with Crippen LogP contribution in [0.15, 0.2) is 11.7 Å². The van der Waals surface area contributed by atoms with Crippen LogP contribution in [-0.2, 0) is 9.59 Å². The van der Waals surface area contributed by atoms with Gasteiger partial charge in [0.25, 0.3) is 0 Å². The first-order chi connectivity index (χ1) is 11.0. The topological polar surface area (TPSA) is 82.5 Å². The van der Waals surface area contributed by atoms with Crippen molar-refractivity contribution in [2.24, 2.45) is 22.7 Å². The highest BCUT2D eigenvalue weighted by Gasteiger charge is 2.70. The molecule has 0 aromatic carbocycles. The van der Waals surface area contributed by atoms with Gasteiger partial charge in [0.1, 0.15) is 17.1 Å². The van der Waals surface area contributed by atoms with E-state index in [1.807, 2.05) is 20.8 Å². The van der Waals surface area contributed by atoms with Crippen LogP contribution >= 0.6 is 11.3 Å². The van der Waals surface area contributed by atoms with Gasteiger partial charge in [0, 0.05) is 12.5 Å². The van der Waals surface area contributed by atoms with Crippen molar-refractivity contribution in [1.82, 2.24) is 9.88 Å². The van der Waals surface area contributed by atoms with Gasteiger partial charge in [-0.15, -0.1) is 11.3 Å². The van der Waals surface area contributed by atoms with Crippen molar-refractivity contribution in [1.29, 1.82) is 0 Å². The summed E-state index contributed by atoms with van der Waals surface area (Å²) in [5.74, 6) is -0.687. The highest BCUT2D eigenvalue weighted by Crippen LogP contribution is 2.65. The maximum absolute atomic E-state index is 13.2. The number of aliphatic carboxylic acids is 1. The van der Waals surface area contributed by atoms with Crippen LogP contribution in [0.25, 0.3) is 0 Å². The molecule has 1 saturated heterocycles. The van der Waals surface area contributed by atoms with E-state index in [0.29, 0.717) is 6.54 Å². The van der Waals surface area contributed by atoms with E-state index in [1.54, 1.807) is 16.6 Å². The van der Waals surface area contributed by atoms with Crippen LogP contribution in [-0.4, -0.2) is 45.5 Å². The molecule has 24 heavy (non-hydrogen) atoms. The number of nitrogens with one attached hydrogen (secondary N) is 1. The van der Waals surface area contributed by atoms with Crippen LogP contribution in [0.3, 0.4) is 0 Å². The fraction of sp³-hybridized carbons (Fsp3) is 0.706. The monoisotopic (exact) mass is 351 g/mol. The number of carboxylic acids is 1. The Morgan fingerprint density at radius 2 is 2.12 bits per heavy atom. The molecule has 132 valence electrons. The molecule has 2 heterocycles. The number of carbonyl (C=O) groups excluding carboxylic acids is 1. The number of hydrogen-bond donors (Lipinski definition) is 2. The number of anilines is 1. The number of likely N-dealkylation sites (tertiary alicyclic amines) is 1. The molecule has 4 atom stereocenters. The first kappa shape index (κ1) is 17.2. The van der Waals surface area contributed by atoms with Crippen molar-refractivity contribution in [2.45, 2.75) is 46.7 Å². The summed E-state index contributed by atoms with van der Waals surface area (Å²) in [5.41, 5.74) is 1.38. The van der Waals surface area contributed by atoms with Gasteiger partial charge in [-0.2, -0.15) is 0 Å². The number of nitrogens with zero attached hydrogens (tertiary/aromatic N) is 2. The maximum Gasteiger partial charge on any atom is 0.326 e. The number of amides is 1. The minimum absolute atomic E-state index is 0.0160. The Balaban J connectivity index is 1.84. The van der Waals surface area contributed by atoms with Crippen LogP contribution in [0.4, 0.5) is 5.00 Å².